The van der Waals surface area contributed by atoms with Crippen LogP contribution in [0.5, 0.6) is 0 Å². The van der Waals surface area contributed by atoms with Crippen molar-refractivity contribution in [1.82, 2.24) is 34.0 Å². The Morgan fingerprint density at radius 3 is 2.13 bits per heavy atom. The zero-order valence-electron chi connectivity index (χ0n) is 36.5. The topological polar surface area (TPSA) is 237 Å². The molecule has 3 aromatic heterocycles. The predicted molar refractivity (Wildman–Crippen MR) is 228 cm³/mol. The van der Waals surface area contributed by atoms with Crippen LogP contribution in [0.3, 0.4) is 0 Å². The number of unbranched alkanes of at least 4 members (excludes halogenated alkanes) is 14. The van der Waals surface area contributed by atoms with Crippen molar-refractivity contribution in [2.75, 3.05) is 46.8 Å². The van der Waals surface area contributed by atoms with Crippen LogP contribution in [-0.4, -0.2) is 116 Å². The Morgan fingerprint density at radius 2 is 1.53 bits per heavy atom. The van der Waals surface area contributed by atoms with Gasteiger partial charge in [0.25, 0.3) is 5.56 Å². The summed E-state index contributed by atoms with van der Waals surface area (Å²) in [6, 6.07) is 1.19. The lowest BCUT2D eigenvalue weighted by atomic mass is 9.93. The van der Waals surface area contributed by atoms with Crippen molar-refractivity contribution in [3.63, 3.8) is 0 Å². The van der Waals surface area contributed by atoms with Gasteiger partial charge in [0.1, 0.15) is 30.2 Å². The summed E-state index contributed by atoms with van der Waals surface area (Å²) in [6.07, 6.45) is 12.2. The predicted octanol–water partition coefficient (Wildman–Crippen LogP) is 5.59. The molecule has 0 aromatic carbocycles. The van der Waals surface area contributed by atoms with E-state index < -0.39 is 68.0 Å². The fourth-order valence-corrected chi connectivity index (χ4v) is 9.13. The number of phosphoric acid groups is 1. The van der Waals surface area contributed by atoms with Gasteiger partial charge in [-0.2, -0.15) is 0 Å². The Labute approximate surface area is 361 Å². The molecule has 2 aliphatic rings. The van der Waals surface area contributed by atoms with Crippen molar-refractivity contribution >= 4 is 30.7 Å². The summed E-state index contributed by atoms with van der Waals surface area (Å²) in [4.78, 5) is 65.8. The second-order valence-electron chi connectivity index (χ2n) is 16.2. The monoisotopic (exact) mass is 896 g/mol. The van der Waals surface area contributed by atoms with Crippen LogP contribution in [0.1, 0.15) is 122 Å². The van der Waals surface area contributed by atoms with Gasteiger partial charge in [0.05, 0.1) is 19.0 Å². The van der Waals surface area contributed by atoms with E-state index in [1.807, 2.05) is 0 Å². The van der Waals surface area contributed by atoms with Crippen molar-refractivity contribution < 1.29 is 46.6 Å². The number of amides is 1. The number of nitrogen functional groups attached to an aromatic ring is 1. The van der Waals surface area contributed by atoms with Crippen molar-refractivity contribution in [3.05, 3.63) is 45.8 Å². The molecular weight excluding hydrogens is 830 g/mol. The molecule has 0 saturated carbocycles. The molecule has 1 unspecified atom stereocenters. The second-order valence-corrected chi connectivity index (χ2v) is 17.7. The summed E-state index contributed by atoms with van der Waals surface area (Å²) in [7, 11) is -0.876. The number of phosphoric ester groups is 1. The van der Waals surface area contributed by atoms with E-state index >= 15 is 4.39 Å². The third-order valence-corrected chi connectivity index (χ3v) is 12.8. The highest BCUT2D eigenvalue weighted by Gasteiger charge is 2.52. The average molecular weight is 897 g/mol. The number of imidazole rings is 1. The average Bonchev–Trinajstić information content (AvgIpc) is 3.92. The molecule has 19 nitrogen and oxygen atoms in total. The highest BCUT2D eigenvalue weighted by atomic mass is 31.2. The van der Waals surface area contributed by atoms with E-state index in [4.69, 9.17) is 29.2 Å². The van der Waals surface area contributed by atoms with E-state index in [9.17, 15) is 23.8 Å². The van der Waals surface area contributed by atoms with Crippen LogP contribution in [-0.2, 0) is 37.4 Å². The minimum atomic E-state index is -4.76. The molecule has 5 rings (SSSR count). The number of fused-ring (bicyclic) bond motifs is 1. The number of carbonyl (C=O) groups excluding carboxylic acids is 1. The van der Waals surface area contributed by atoms with Crippen molar-refractivity contribution in [2.24, 2.45) is 5.92 Å². The van der Waals surface area contributed by atoms with Gasteiger partial charge in [0.2, 0.25) is 5.91 Å². The Morgan fingerprint density at radius 1 is 0.903 bits per heavy atom. The first-order chi connectivity index (χ1) is 29.9. The van der Waals surface area contributed by atoms with Crippen LogP contribution in [0, 0.1) is 5.92 Å². The maximum atomic E-state index is 16.6. The number of hydrogen-bond acceptors (Lipinski definition) is 14. The van der Waals surface area contributed by atoms with Crippen LogP contribution < -0.4 is 17.0 Å². The summed E-state index contributed by atoms with van der Waals surface area (Å²) < 4.78 is 65.7. The van der Waals surface area contributed by atoms with Gasteiger partial charge in [-0.3, -0.25) is 32.8 Å². The molecule has 4 N–H and O–H groups in total. The summed E-state index contributed by atoms with van der Waals surface area (Å²) in [6.45, 7) is 2.33. The van der Waals surface area contributed by atoms with Crippen molar-refractivity contribution in [3.8, 4) is 0 Å². The first kappa shape index (κ1) is 49.4. The third kappa shape index (κ3) is 13.2. The minimum absolute atomic E-state index is 0.0635. The number of anilines is 1. The maximum Gasteiger partial charge on any atom is 0.472 e. The van der Waals surface area contributed by atoms with Gasteiger partial charge in [-0.15, -0.1) is 0 Å². The number of halogens is 1. The zero-order chi connectivity index (χ0) is 44.6. The Hall–Kier alpha value is -3.62. The van der Waals surface area contributed by atoms with Crippen LogP contribution in [0.2, 0.25) is 0 Å². The lowest BCUT2D eigenvalue weighted by molar-refractivity contribution is -0.137. The number of carbonyl (C=O) groups is 1. The molecule has 2 aliphatic heterocycles. The molecular formula is C41H66FN8O11P. The minimum Gasteiger partial charge on any atom is -0.382 e. The quantitative estimate of drug-likeness (QED) is 0.0595. The van der Waals surface area contributed by atoms with Crippen LogP contribution in [0.15, 0.2) is 34.5 Å². The molecule has 5 heterocycles. The number of aromatic amines is 1. The smallest absolute Gasteiger partial charge is 0.382 e. The second kappa shape index (κ2) is 24.4. The van der Waals surface area contributed by atoms with Crippen molar-refractivity contribution in [2.45, 2.75) is 153 Å². The fraction of sp³-hybridized carbons (Fsp3) is 0.756. The summed E-state index contributed by atoms with van der Waals surface area (Å²) >= 11 is 0. The molecule has 2 fully saturated rings. The van der Waals surface area contributed by atoms with Gasteiger partial charge >= 0.3 is 13.5 Å². The van der Waals surface area contributed by atoms with E-state index in [1.54, 1.807) is 0 Å². The standard InChI is InChI=1S/C41H66FN8O11P/c1-5-6-7-8-9-10-11-12-13-14-15-16-17-18-19-21-48(32(52)23-28-30(25-56-2)60-40(35(28)57-3)49-22-20-31(51)47-41(49)53)24-29-36(61-62(54,55)58-4)33(42)39(59-29)50-27-46-34-37(43)44-26-45-38(34)50/h20,22,26-30,33,35-36,39-40H,5-19,21,23-25H2,1-4H3,(H,54,55)(H2,43,44,45)(H,47,51,53)/t28-,29-,30-,33-,35-,36-,39-,40-/m1/s1. The van der Waals surface area contributed by atoms with Gasteiger partial charge in [0, 0.05) is 59.0 Å². The zero-order valence-corrected chi connectivity index (χ0v) is 37.4. The summed E-state index contributed by atoms with van der Waals surface area (Å²) in [5, 5.41) is 0. The van der Waals surface area contributed by atoms with E-state index in [-0.39, 0.29) is 49.0 Å². The fourth-order valence-electron chi connectivity index (χ4n) is 8.48. The lowest BCUT2D eigenvalue weighted by Crippen LogP contribution is -2.45. The summed E-state index contributed by atoms with van der Waals surface area (Å²) in [5.41, 5.74) is 5.07. The molecule has 21 heteroatoms. The molecule has 9 atom stereocenters. The number of H-pyrrole nitrogens is 1. The molecule has 0 radical (unpaired) electrons. The van der Waals surface area contributed by atoms with Crippen molar-refractivity contribution in [1.29, 1.82) is 0 Å². The normalized spacial score (nSPS) is 24.8. The van der Waals surface area contributed by atoms with Crippen LogP contribution in [0.25, 0.3) is 11.2 Å². The molecule has 348 valence electrons. The molecule has 3 aromatic rings. The van der Waals surface area contributed by atoms with E-state index in [0.29, 0.717) is 6.42 Å². The highest BCUT2D eigenvalue weighted by Crippen LogP contribution is 2.49. The van der Waals surface area contributed by atoms with Crippen LogP contribution in [0.4, 0.5) is 10.2 Å². The number of nitrogens with one attached hydrogen (secondary N) is 1. The van der Waals surface area contributed by atoms with Gasteiger partial charge in [-0.1, -0.05) is 96.8 Å². The number of nitrogens with two attached hydrogens (primary N) is 1. The first-order valence-electron chi connectivity index (χ1n) is 22.0. The number of methoxy groups -OCH3 is 2. The SMILES string of the molecule is CCCCCCCCCCCCCCCCCN(C[C@H]1O[C@@H](n2cnc3c(N)ncnc32)[C@H](F)[C@@H]1OP(=O)(O)OC)C(=O)C[C@H]1[C@@H](OC)[C@H](n2ccc(=O)[nH]c2=O)O[C@@H]1COC. The number of rotatable bonds is 28. The number of alkyl halides is 1. The molecule has 2 saturated heterocycles. The Kier molecular flexibility index (Phi) is 19.5. The van der Waals surface area contributed by atoms with Gasteiger partial charge in [0.15, 0.2) is 30.1 Å². The molecule has 0 aliphatic carbocycles. The third-order valence-electron chi connectivity index (χ3n) is 11.8. The van der Waals surface area contributed by atoms with Gasteiger partial charge in [-0.25, -0.2) is 28.7 Å². The Balaban J connectivity index is 1.30. The van der Waals surface area contributed by atoms with Gasteiger partial charge in [-0.05, 0) is 6.42 Å². The molecule has 0 spiro atoms. The highest BCUT2D eigenvalue weighted by molar-refractivity contribution is 7.47. The van der Waals surface area contributed by atoms with E-state index in [0.717, 1.165) is 32.8 Å². The number of hydrogen-bond donors (Lipinski definition) is 3. The van der Waals surface area contributed by atoms with Crippen LogP contribution >= 0.6 is 7.82 Å². The molecule has 0 bridgehead atoms. The van der Waals surface area contributed by atoms with Gasteiger partial charge < -0.3 is 34.5 Å². The van der Waals surface area contributed by atoms with E-state index in [2.05, 4.69) is 31.4 Å². The largest absolute Gasteiger partial charge is 0.472 e. The van der Waals surface area contributed by atoms with E-state index in [1.165, 1.54) is 117 Å². The lowest BCUT2D eigenvalue weighted by Gasteiger charge is -2.31. The number of ether oxygens (including phenoxy) is 4. The molecule has 62 heavy (non-hydrogen) atoms. The Bertz CT molecular complexity index is 2000. The number of aromatic nitrogens is 6. The molecule has 1 amide bonds. The number of nitrogens with zero attached hydrogens (tertiary/aromatic N) is 6. The summed E-state index contributed by atoms with van der Waals surface area (Å²) in [5.74, 6) is -0.933. The maximum absolute atomic E-state index is 16.6. The first-order valence-corrected chi connectivity index (χ1v) is 23.5.